The highest BCUT2D eigenvalue weighted by molar-refractivity contribution is 5.08. The zero-order valence-electron chi connectivity index (χ0n) is 6.46. The second kappa shape index (κ2) is 5.28. The Morgan fingerprint density at radius 2 is 1.30 bits per heavy atom. The Kier molecular flexibility index (Phi) is 5.00. The Bertz CT molecular complexity index is 118. The van der Waals surface area contributed by atoms with Gasteiger partial charge in [0.15, 0.2) is 0 Å². The van der Waals surface area contributed by atoms with Gasteiger partial charge in [-0.3, -0.25) is 0 Å². The molecule has 0 radical (unpaired) electrons. The van der Waals surface area contributed by atoms with Crippen LogP contribution in [0.5, 0.6) is 0 Å². The fraction of sp³-hybridized carbons (Fsp3) is 0.750. The van der Waals surface area contributed by atoms with Crippen molar-refractivity contribution in [3.63, 3.8) is 0 Å². The predicted molar refractivity (Wildman–Crippen MR) is 40.4 cm³/mol. The Balaban J connectivity index is 3.66. The van der Waals surface area contributed by atoms with E-state index in [-0.39, 0.29) is 0 Å². The molecule has 2 heteroatoms. The first-order valence-electron chi connectivity index (χ1n) is 3.57. The van der Waals surface area contributed by atoms with Crippen LogP contribution in [0.1, 0.15) is 26.7 Å². The first-order valence-corrected chi connectivity index (χ1v) is 3.57. The summed E-state index contributed by atoms with van der Waals surface area (Å²) in [6, 6.07) is 0. The van der Waals surface area contributed by atoms with Gasteiger partial charge in [-0.15, -0.1) is 0 Å². The van der Waals surface area contributed by atoms with E-state index in [0.29, 0.717) is 12.8 Å². The van der Waals surface area contributed by atoms with E-state index in [9.17, 15) is 0 Å². The van der Waals surface area contributed by atoms with E-state index < -0.39 is 12.2 Å². The summed E-state index contributed by atoms with van der Waals surface area (Å²) in [6.45, 7) is 3.69. The van der Waals surface area contributed by atoms with Gasteiger partial charge in [0.2, 0.25) is 0 Å². The van der Waals surface area contributed by atoms with E-state index in [2.05, 4.69) is 11.8 Å². The molecule has 0 aliphatic carbocycles. The molecule has 0 rings (SSSR count). The van der Waals surface area contributed by atoms with Crippen molar-refractivity contribution in [2.45, 2.75) is 38.9 Å². The van der Waals surface area contributed by atoms with Crippen molar-refractivity contribution in [3.05, 3.63) is 0 Å². The minimum absolute atomic E-state index is 0.582. The molecule has 2 nitrogen and oxygen atoms in total. The fourth-order valence-corrected chi connectivity index (χ4v) is 0.397. The summed E-state index contributed by atoms with van der Waals surface area (Å²) in [7, 11) is 0. The monoisotopic (exact) mass is 142 g/mol. The third-order valence-corrected chi connectivity index (χ3v) is 1.19. The number of hydrogen-bond acceptors (Lipinski definition) is 2. The van der Waals surface area contributed by atoms with Crippen molar-refractivity contribution in [2.75, 3.05) is 0 Å². The molecule has 0 aliphatic rings. The highest BCUT2D eigenvalue weighted by Crippen LogP contribution is 1.89. The molecule has 0 saturated heterocycles. The van der Waals surface area contributed by atoms with E-state index in [1.54, 1.807) is 0 Å². The molecule has 0 amide bonds. The fourth-order valence-electron chi connectivity index (χ4n) is 0.397. The van der Waals surface area contributed by atoms with Gasteiger partial charge in [-0.2, -0.15) is 0 Å². The summed E-state index contributed by atoms with van der Waals surface area (Å²) in [4.78, 5) is 0. The molecule has 2 N–H and O–H groups in total. The maximum Gasteiger partial charge on any atom is 0.114 e. The standard InChI is InChI=1S/C8H14O2/c1-3-7(9)5-6-8(10)4-2/h7-10H,3-4H2,1-2H3/t7-,8-/m0/s1. The van der Waals surface area contributed by atoms with Gasteiger partial charge in [-0.1, -0.05) is 25.7 Å². The van der Waals surface area contributed by atoms with Crippen LogP contribution >= 0.6 is 0 Å². The highest BCUT2D eigenvalue weighted by atomic mass is 16.3. The topological polar surface area (TPSA) is 40.5 Å². The first kappa shape index (κ1) is 9.48. The van der Waals surface area contributed by atoms with Gasteiger partial charge in [0, 0.05) is 0 Å². The molecule has 0 aliphatic heterocycles. The van der Waals surface area contributed by atoms with Crippen LogP contribution in [-0.4, -0.2) is 22.4 Å². The summed E-state index contributed by atoms with van der Waals surface area (Å²) in [6.07, 6.45) is 0.0646. The lowest BCUT2D eigenvalue weighted by Crippen LogP contribution is -2.04. The Hall–Kier alpha value is -0.520. The summed E-state index contributed by atoms with van der Waals surface area (Å²) in [5.74, 6) is 5.08. The third-order valence-electron chi connectivity index (χ3n) is 1.19. The molecular formula is C8H14O2. The van der Waals surface area contributed by atoms with Crippen molar-refractivity contribution < 1.29 is 10.2 Å². The van der Waals surface area contributed by atoms with E-state index >= 15 is 0 Å². The minimum Gasteiger partial charge on any atom is -0.380 e. The Morgan fingerprint density at radius 1 is 1.00 bits per heavy atom. The van der Waals surface area contributed by atoms with E-state index in [0.717, 1.165) is 0 Å². The van der Waals surface area contributed by atoms with E-state index in [1.165, 1.54) is 0 Å². The quantitative estimate of drug-likeness (QED) is 0.552. The Morgan fingerprint density at radius 3 is 1.50 bits per heavy atom. The highest BCUT2D eigenvalue weighted by Gasteiger charge is 1.94. The number of hydrogen-bond donors (Lipinski definition) is 2. The SMILES string of the molecule is CC[C@H](O)C#C[C@@H](O)CC. The van der Waals surface area contributed by atoms with Crippen LogP contribution in [-0.2, 0) is 0 Å². The zero-order valence-corrected chi connectivity index (χ0v) is 6.46. The van der Waals surface area contributed by atoms with Gasteiger partial charge in [-0.05, 0) is 12.8 Å². The predicted octanol–water partition coefficient (Wildman–Crippen LogP) is 0.532. The van der Waals surface area contributed by atoms with Crippen molar-refractivity contribution in [1.82, 2.24) is 0 Å². The van der Waals surface area contributed by atoms with Gasteiger partial charge < -0.3 is 10.2 Å². The van der Waals surface area contributed by atoms with Crippen LogP contribution in [0.4, 0.5) is 0 Å². The maximum atomic E-state index is 8.92. The van der Waals surface area contributed by atoms with Crippen molar-refractivity contribution >= 4 is 0 Å². The molecule has 10 heavy (non-hydrogen) atoms. The molecule has 0 heterocycles. The molecular weight excluding hydrogens is 128 g/mol. The second-order valence-electron chi connectivity index (χ2n) is 2.14. The molecule has 0 spiro atoms. The summed E-state index contributed by atoms with van der Waals surface area (Å²) < 4.78 is 0. The summed E-state index contributed by atoms with van der Waals surface area (Å²) >= 11 is 0. The Labute approximate surface area is 61.9 Å². The normalized spacial score (nSPS) is 15.2. The van der Waals surface area contributed by atoms with Crippen molar-refractivity contribution in [1.29, 1.82) is 0 Å². The molecule has 0 bridgehead atoms. The van der Waals surface area contributed by atoms with Gasteiger partial charge in [0.1, 0.15) is 12.2 Å². The molecule has 0 aromatic rings. The molecule has 0 aromatic carbocycles. The van der Waals surface area contributed by atoms with Crippen LogP contribution in [0.2, 0.25) is 0 Å². The largest absolute Gasteiger partial charge is 0.380 e. The van der Waals surface area contributed by atoms with Gasteiger partial charge in [0.05, 0.1) is 0 Å². The van der Waals surface area contributed by atoms with E-state index in [4.69, 9.17) is 10.2 Å². The average Bonchev–Trinajstić information content (AvgIpc) is 1.99. The van der Waals surface area contributed by atoms with Gasteiger partial charge in [-0.25, -0.2) is 0 Å². The summed E-state index contributed by atoms with van der Waals surface area (Å²) in [5, 5.41) is 17.8. The summed E-state index contributed by atoms with van der Waals surface area (Å²) in [5.41, 5.74) is 0. The number of rotatable bonds is 2. The van der Waals surface area contributed by atoms with Crippen LogP contribution in [0.3, 0.4) is 0 Å². The minimum atomic E-state index is -0.582. The lowest BCUT2D eigenvalue weighted by molar-refractivity contribution is 0.218. The number of aliphatic hydroxyl groups is 2. The maximum absolute atomic E-state index is 8.92. The zero-order chi connectivity index (χ0) is 7.98. The van der Waals surface area contributed by atoms with Gasteiger partial charge in [0.25, 0.3) is 0 Å². The second-order valence-corrected chi connectivity index (χ2v) is 2.14. The third kappa shape index (κ3) is 4.37. The average molecular weight is 142 g/mol. The molecule has 0 unspecified atom stereocenters. The lowest BCUT2D eigenvalue weighted by Gasteiger charge is -1.97. The molecule has 0 aromatic heterocycles. The van der Waals surface area contributed by atoms with Gasteiger partial charge >= 0.3 is 0 Å². The van der Waals surface area contributed by atoms with Crippen LogP contribution < -0.4 is 0 Å². The molecule has 58 valence electrons. The van der Waals surface area contributed by atoms with Crippen LogP contribution in [0, 0.1) is 11.8 Å². The smallest absolute Gasteiger partial charge is 0.114 e. The van der Waals surface area contributed by atoms with Crippen molar-refractivity contribution in [2.24, 2.45) is 0 Å². The first-order chi connectivity index (χ1) is 4.70. The van der Waals surface area contributed by atoms with Crippen LogP contribution in [0.15, 0.2) is 0 Å². The molecule has 0 fully saturated rings. The van der Waals surface area contributed by atoms with Crippen molar-refractivity contribution in [3.8, 4) is 11.8 Å². The molecule has 2 atom stereocenters. The van der Waals surface area contributed by atoms with E-state index in [1.807, 2.05) is 13.8 Å². The molecule has 0 saturated carbocycles. The van der Waals surface area contributed by atoms with Crippen LogP contribution in [0.25, 0.3) is 0 Å². The number of aliphatic hydroxyl groups excluding tert-OH is 2. The lowest BCUT2D eigenvalue weighted by atomic mass is 10.2.